The Hall–Kier alpha value is -4.20. The number of carboxylic acids is 1. The Morgan fingerprint density at radius 3 is 2.75 bits per heavy atom. The van der Waals surface area contributed by atoms with Crippen LogP contribution in [-0.4, -0.2) is 31.1 Å². The van der Waals surface area contributed by atoms with Crippen molar-refractivity contribution in [1.29, 1.82) is 0 Å². The highest BCUT2D eigenvalue weighted by Gasteiger charge is 2.21. The Morgan fingerprint density at radius 1 is 1.19 bits per heavy atom. The number of furan rings is 1. The van der Waals surface area contributed by atoms with Crippen molar-refractivity contribution in [2.45, 2.75) is 19.9 Å². The van der Waals surface area contributed by atoms with Gasteiger partial charge >= 0.3 is 5.97 Å². The molecular formula is C24H21N5O3. The van der Waals surface area contributed by atoms with Gasteiger partial charge in [-0.05, 0) is 37.6 Å². The normalized spacial score (nSPS) is 12.3. The van der Waals surface area contributed by atoms with E-state index in [2.05, 4.69) is 20.6 Å². The van der Waals surface area contributed by atoms with E-state index in [1.165, 1.54) is 0 Å². The summed E-state index contributed by atoms with van der Waals surface area (Å²) in [6, 6.07) is 10.7. The molecule has 1 atom stereocenters. The maximum Gasteiger partial charge on any atom is 0.337 e. The minimum Gasteiger partial charge on any atom is -0.478 e. The summed E-state index contributed by atoms with van der Waals surface area (Å²) in [6.45, 7) is 3.99. The van der Waals surface area contributed by atoms with Crippen molar-refractivity contribution < 1.29 is 14.3 Å². The average Bonchev–Trinajstić information content (AvgIpc) is 3.37. The Balaban J connectivity index is 1.66. The lowest BCUT2D eigenvalue weighted by Crippen LogP contribution is -2.11. The van der Waals surface area contributed by atoms with Crippen molar-refractivity contribution in [2.75, 3.05) is 5.32 Å². The first kappa shape index (κ1) is 19.7. The monoisotopic (exact) mass is 427 g/mol. The van der Waals surface area contributed by atoms with E-state index < -0.39 is 5.97 Å². The molecule has 5 aromatic rings. The molecule has 3 aromatic heterocycles. The molecule has 5 rings (SSSR count). The third-order valence-electron chi connectivity index (χ3n) is 5.54. The molecule has 2 N–H and O–H groups in total. The summed E-state index contributed by atoms with van der Waals surface area (Å²) in [4.78, 5) is 11.6. The van der Waals surface area contributed by atoms with Gasteiger partial charge < -0.3 is 14.8 Å². The van der Waals surface area contributed by atoms with Gasteiger partial charge in [0, 0.05) is 35.4 Å². The Morgan fingerprint density at radius 2 is 2.00 bits per heavy atom. The summed E-state index contributed by atoms with van der Waals surface area (Å²) in [5.74, 6) is -0.977. The van der Waals surface area contributed by atoms with E-state index in [0.717, 1.165) is 27.6 Å². The zero-order valence-corrected chi connectivity index (χ0v) is 17.8. The van der Waals surface area contributed by atoms with Gasteiger partial charge in [-0.25, -0.2) is 4.79 Å². The lowest BCUT2D eigenvalue weighted by Gasteiger charge is -2.18. The van der Waals surface area contributed by atoms with Gasteiger partial charge in [-0.3, -0.25) is 4.68 Å². The third kappa shape index (κ3) is 3.26. The molecule has 0 amide bonds. The van der Waals surface area contributed by atoms with Gasteiger partial charge in [0.25, 0.3) is 0 Å². The number of hydrogen-bond donors (Lipinski definition) is 2. The molecule has 3 heterocycles. The summed E-state index contributed by atoms with van der Waals surface area (Å²) in [5, 5.41) is 26.5. The second-order valence-corrected chi connectivity index (χ2v) is 7.89. The van der Waals surface area contributed by atoms with Crippen LogP contribution in [0.25, 0.3) is 33.2 Å². The molecule has 2 aromatic carbocycles. The van der Waals surface area contributed by atoms with Gasteiger partial charge in [0.2, 0.25) is 0 Å². The summed E-state index contributed by atoms with van der Waals surface area (Å²) in [5.41, 5.74) is 6.47. The van der Waals surface area contributed by atoms with E-state index in [9.17, 15) is 9.90 Å². The number of hydrogen-bond acceptors (Lipinski definition) is 6. The second kappa shape index (κ2) is 7.49. The zero-order chi connectivity index (χ0) is 22.4. The highest BCUT2D eigenvalue weighted by atomic mass is 16.4. The van der Waals surface area contributed by atoms with E-state index in [0.29, 0.717) is 22.4 Å². The summed E-state index contributed by atoms with van der Waals surface area (Å²) < 4.78 is 8.10. The van der Waals surface area contributed by atoms with Crippen LogP contribution in [-0.2, 0) is 7.05 Å². The number of carboxylic acid groups (broad SMARTS) is 1. The number of aryl methyl sites for hydroxylation is 2. The number of rotatable bonds is 5. The number of fused-ring (bicyclic) bond motifs is 3. The standard InChI is InChI=1S/C24H21N5O3/c1-13-8-17(14(2)27-20-7-5-4-6-16(20)24(30)31)22-18(9-13)21-23(32-22)19(11-25-28-21)15-10-26-29(3)12-15/h4-12,14,27H,1-3H3,(H,30,31)/t14-/m1/s1. The molecule has 8 nitrogen and oxygen atoms in total. The predicted octanol–water partition coefficient (Wildman–Crippen LogP) is 4.96. The molecular weight excluding hydrogens is 406 g/mol. The molecule has 0 saturated carbocycles. The second-order valence-electron chi connectivity index (χ2n) is 7.89. The fourth-order valence-electron chi connectivity index (χ4n) is 4.04. The number of anilines is 1. The molecule has 32 heavy (non-hydrogen) atoms. The highest BCUT2D eigenvalue weighted by Crippen LogP contribution is 2.38. The van der Waals surface area contributed by atoms with Gasteiger partial charge in [-0.1, -0.05) is 18.2 Å². The molecule has 0 bridgehead atoms. The number of para-hydroxylation sites is 1. The smallest absolute Gasteiger partial charge is 0.337 e. The van der Waals surface area contributed by atoms with Crippen LogP contribution < -0.4 is 5.32 Å². The summed E-state index contributed by atoms with van der Waals surface area (Å²) in [6.07, 6.45) is 5.35. The van der Waals surface area contributed by atoms with Crippen LogP contribution in [0.15, 0.2) is 59.4 Å². The Kier molecular flexibility index (Phi) is 4.62. The number of aromatic carboxylic acids is 1. The maximum absolute atomic E-state index is 11.6. The third-order valence-corrected chi connectivity index (χ3v) is 5.54. The van der Waals surface area contributed by atoms with E-state index in [1.807, 2.05) is 45.3 Å². The van der Waals surface area contributed by atoms with Gasteiger partial charge in [-0.2, -0.15) is 10.2 Å². The van der Waals surface area contributed by atoms with Crippen LogP contribution in [0, 0.1) is 6.92 Å². The van der Waals surface area contributed by atoms with Crippen LogP contribution in [0.5, 0.6) is 0 Å². The lowest BCUT2D eigenvalue weighted by molar-refractivity contribution is 0.0698. The molecule has 8 heteroatoms. The van der Waals surface area contributed by atoms with Crippen LogP contribution in [0.4, 0.5) is 5.69 Å². The molecule has 0 fully saturated rings. The SMILES string of the molecule is Cc1cc([C@@H](C)Nc2ccccc2C(=O)O)c2oc3c(-c4cnn(C)c4)cnnc3c2c1. The van der Waals surface area contributed by atoms with Crippen molar-refractivity contribution in [3.63, 3.8) is 0 Å². The van der Waals surface area contributed by atoms with E-state index in [4.69, 9.17) is 4.42 Å². The van der Waals surface area contributed by atoms with Crippen molar-refractivity contribution >= 4 is 33.7 Å². The number of aromatic nitrogens is 4. The molecule has 0 aliphatic heterocycles. The van der Waals surface area contributed by atoms with Crippen LogP contribution in [0.2, 0.25) is 0 Å². The fourth-order valence-corrected chi connectivity index (χ4v) is 4.04. The fraction of sp³-hybridized carbons (Fsp3) is 0.167. The Bertz CT molecular complexity index is 1480. The maximum atomic E-state index is 11.6. The molecule has 0 aliphatic rings. The van der Waals surface area contributed by atoms with Crippen LogP contribution in [0.1, 0.15) is 34.5 Å². The van der Waals surface area contributed by atoms with Crippen molar-refractivity contribution in [3.8, 4) is 11.1 Å². The number of carbonyl (C=O) groups is 1. The first-order valence-corrected chi connectivity index (χ1v) is 10.2. The minimum atomic E-state index is -0.977. The van der Waals surface area contributed by atoms with Crippen LogP contribution >= 0.6 is 0 Å². The average molecular weight is 427 g/mol. The van der Waals surface area contributed by atoms with E-state index >= 15 is 0 Å². The van der Waals surface area contributed by atoms with Gasteiger partial charge in [0.15, 0.2) is 5.58 Å². The molecule has 0 aliphatic carbocycles. The van der Waals surface area contributed by atoms with Gasteiger partial charge in [-0.15, -0.1) is 5.10 Å². The summed E-state index contributed by atoms with van der Waals surface area (Å²) >= 11 is 0. The molecule has 160 valence electrons. The Labute approximate surface area is 183 Å². The largest absolute Gasteiger partial charge is 0.478 e. The first-order chi connectivity index (χ1) is 15.4. The minimum absolute atomic E-state index is 0.215. The van der Waals surface area contributed by atoms with Crippen LogP contribution in [0.3, 0.4) is 0 Å². The number of benzene rings is 2. The van der Waals surface area contributed by atoms with Gasteiger partial charge in [0.1, 0.15) is 11.1 Å². The molecule has 0 saturated heterocycles. The van der Waals surface area contributed by atoms with E-state index in [-0.39, 0.29) is 11.6 Å². The topological polar surface area (TPSA) is 106 Å². The van der Waals surface area contributed by atoms with Gasteiger partial charge in [0.05, 0.1) is 29.6 Å². The summed E-state index contributed by atoms with van der Waals surface area (Å²) in [7, 11) is 1.86. The van der Waals surface area contributed by atoms with Crippen molar-refractivity contribution in [3.05, 3.63) is 71.7 Å². The van der Waals surface area contributed by atoms with Crippen molar-refractivity contribution in [1.82, 2.24) is 20.0 Å². The zero-order valence-electron chi connectivity index (χ0n) is 17.8. The quantitative estimate of drug-likeness (QED) is 0.408. The lowest BCUT2D eigenvalue weighted by atomic mass is 10.0. The van der Waals surface area contributed by atoms with E-state index in [1.54, 1.807) is 35.3 Å². The first-order valence-electron chi connectivity index (χ1n) is 10.2. The molecule has 0 radical (unpaired) electrons. The van der Waals surface area contributed by atoms with Crippen molar-refractivity contribution in [2.24, 2.45) is 7.05 Å². The number of nitrogens with zero attached hydrogens (tertiary/aromatic N) is 4. The highest BCUT2D eigenvalue weighted by molar-refractivity contribution is 6.08. The molecule has 0 unspecified atom stereocenters. The predicted molar refractivity (Wildman–Crippen MR) is 122 cm³/mol. The number of nitrogens with one attached hydrogen (secondary N) is 1. The molecule has 0 spiro atoms.